The summed E-state index contributed by atoms with van der Waals surface area (Å²) in [7, 11) is 3.01. The first-order valence-corrected chi connectivity index (χ1v) is 6.61. The number of nitrogens with one attached hydrogen (secondary N) is 1. The molecule has 2 aromatic carbocycles. The first-order valence-electron chi connectivity index (χ1n) is 6.23. The fraction of sp³-hybridized carbons (Fsp3) is 0.200. The van der Waals surface area contributed by atoms with E-state index in [1.54, 1.807) is 30.3 Å². The van der Waals surface area contributed by atoms with Crippen LogP contribution in [0, 0.1) is 5.82 Å². The van der Waals surface area contributed by atoms with Gasteiger partial charge >= 0.3 is 0 Å². The van der Waals surface area contributed by atoms with Crippen molar-refractivity contribution in [3.8, 4) is 11.5 Å². The average molecular weight is 311 g/mol. The van der Waals surface area contributed by atoms with Crippen molar-refractivity contribution in [1.82, 2.24) is 5.43 Å². The van der Waals surface area contributed by atoms with Crippen LogP contribution in [-0.2, 0) is 0 Å². The van der Waals surface area contributed by atoms with E-state index in [0.717, 1.165) is 0 Å². The second-order valence-electron chi connectivity index (χ2n) is 4.37. The van der Waals surface area contributed by atoms with Crippen LogP contribution in [0.25, 0.3) is 0 Å². The maximum atomic E-state index is 14.2. The summed E-state index contributed by atoms with van der Waals surface area (Å²) >= 11 is 6.01. The number of benzene rings is 2. The van der Waals surface area contributed by atoms with Gasteiger partial charge in [-0.3, -0.25) is 5.84 Å². The molecule has 0 bridgehead atoms. The summed E-state index contributed by atoms with van der Waals surface area (Å²) in [6.07, 6.45) is 0. The molecular formula is C15H16ClFN2O2. The third-order valence-electron chi connectivity index (χ3n) is 3.19. The summed E-state index contributed by atoms with van der Waals surface area (Å²) in [5.74, 6) is 6.17. The molecule has 0 radical (unpaired) electrons. The number of ether oxygens (including phenoxy) is 2. The molecule has 0 spiro atoms. The lowest BCUT2D eigenvalue weighted by molar-refractivity contribution is 0.401. The van der Waals surface area contributed by atoms with Gasteiger partial charge in [0.2, 0.25) is 0 Å². The standard InChI is InChI=1S/C15H16ClFN2O2/c1-20-10-4-5-11(13(17)8-10)15(19-18)12-7-9(16)3-6-14(12)21-2/h3-8,15,19H,18H2,1-2H3. The fourth-order valence-electron chi connectivity index (χ4n) is 2.15. The second-order valence-corrected chi connectivity index (χ2v) is 4.81. The summed E-state index contributed by atoms with van der Waals surface area (Å²) in [5.41, 5.74) is 3.62. The fourth-order valence-corrected chi connectivity index (χ4v) is 2.33. The Morgan fingerprint density at radius 3 is 2.43 bits per heavy atom. The van der Waals surface area contributed by atoms with Crippen LogP contribution in [0.15, 0.2) is 36.4 Å². The van der Waals surface area contributed by atoms with Crippen LogP contribution in [0.2, 0.25) is 5.02 Å². The lowest BCUT2D eigenvalue weighted by Crippen LogP contribution is -2.29. The van der Waals surface area contributed by atoms with Gasteiger partial charge in [0, 0.05) is 22.2 Å². The van der Waals surface area contributed by atoms with Crippen molar-refractivity contribution in [2.75, 3.05) is 14.2 Å². The zero-order valence-electron chi connectivity index (χ0n) is 11.7. The smallest absolute Gasteiger partial charge is 0.132 e. The van der Waals surface area contributed by atoms with Crippen LogP contribution in [0.1, 0.15) is 17.2 Å². The minimum atomic E-state index is -0.593. The predicted molar refractivity (Wildman–Crippen MR) is 80.1 cm³/mol. The number of halogens is 2. The Hall–Kier alpha value is -1.82. The van der Waals surface area contributed by atoms with E-state index >= 15 is 0 Å². The Labute approximate surface area is 127 Å². The van der Waals surface area contributed by atoms with Gasteiger partial charge in [-0.15, -0.1) is 0 Å². The molecule has 0 saturated carbocycles. The Morgan fingerprint density at radius 1 is 1.10 bits per heavy atom. The number of nitrogens with two attached hydrogens (primary N) is 1. The van der Waals surface area contributed by atoms with E-state index < -0.39 is 11.9 Å². The van der Waals surface area contributed by atoms with E-state index in [9.17, 15) is 4.39 Å². The van der Waals surface area contributed by atoms with Crippen molar-refractivity contribution in [3.05, 3.63) is 58.4 Å². The molecule has 1 unspecified atom stereocenters. The van der Waals surface area contributed by atoms with Gasteiger partial charge in [0.25, 0.3) is 0 Å². The first kappa shape index (κ1) is 15.6. The van der Waals surface area contributed by atoms with Crippen molar-refractivity contribution < 1.29 is 13.9 Å². The van der Waals surface area contributed by atoms with Crippen molar-refractivity contribution in [3.63, 3.8) is 0 Å². The van der Waals surface area contributed by atoms with Gasteiger partial charge in [-0.1, -0.05) is 17.7 Å². The Kier molecular flexibility index (Phi) is 5.01. The quantitative estimate of drug-likeness (QED) is 0.658. The highest BCUT2D eigenvalue weighted by Gasteiger charge is 2.21. The molecule has 2 rings (SSSR count). The number of methoxy groups -OCH3 is 2. The molecule has 0 saturated heterocycles. The maximum Gasteiger partial charge on any atom is 0.132 e. The highest BCUT2D eigenvalue weighted by atomic mass is 35.5. The molecule has 4 nitrogen and oxygen atoms in total. The van der Waals surface area contributed by atoms with Crippen LogP contribution in [0.5, 0.6) is 11.5 Å². The predicted octanol–water partition coefficient (Wildman–Crippen LogP) is 3.05. The molecule has 0 aliphatic heterocycles. The summed E-state index contributed by atoms with van der Waals surface area (Å²) in [5, 5.41) is 0.514. The molecule has 0 heterocycles. The maximum absolute atomic E-state index is 14.2. The third-order valence-corrected chi connectivity index (χ3v) is 3.42. The summed E-state index contributed by atoms with van der Waals surface area (Å²) in [6, 6.07) is 9.08. The van der Waals surface area contributed by atoms with Gasteiger partial charge in [0.05, 0.1) is 20.3 Å². The molecule has 112 valence electrons. The molecule has 6 heteroatoms. The van der Waals surface area contributed by atoms with Gasteiger partial charge in [-0.2, -0.15) is 0 Å². The van der Waals surface area contributed by atoms with Crippen LogP contribution in [0.4, 0.5) is 4.39 Å². The lowest BCUT2D eigenvalue weighted by Gasteiger charge is -2.20. The van der Waals surface area contributed by atoms with E-state index in [0.29, 0.717) is 27.6 Å². The largest absolute Gasteiger partial charge is 0.497 e. The first-order chi connectivity index (χ1) is 10.1. The molecule has 0 aliphatic carbocycles. The van der Waals surface area contributed by atoms with Crippen molar-refractivity contribution in [2.24, 2.45) is 5.84 Å². The van der Waals surface area contributed by atoms with Gasteiger partial charge < -0.3 is 9.47 Å². The van der Waals surface area contributed by atoms with Gasteiger partial charge in [0.15, 0.2) is 0 Å². The highest BCUT2D eigenvalue weighted by molar-refractivity contribution is 6.30. The van der Waals surface area contributed by atoms with Crippen molar-refractivity contribution in [1.29, 1.82) is 0 Å². The number of hydrazine groups is 1. The Morgan fingerprint density at radius 2 is 1.86 bits per heavy atom. The number of rotatable bonds is 5. The molecule has 0 fully saturated rings. The van der Waals surface area contributed by atoms with Gasteiger partial charge in [-0.05, 0) is 24.3 Å². The second kappa shape index (κ2) is 6.76. The zero-order valence-corrected chi connectivity index (χ0v) is 12.4. The summed E-state index contributed by atoms with van der Waals surface area (Å²) in [4.78, 5) is 0. The minimum absolute atomic E-state index is 0.374. The van der Waals surface area contributed by atoms with E-state index in [2.05, 4.69) is 5.43 Å². The van der Waals surface area contributed by atoms with Crippen molar-refractivity contribution >= 4 is 11.6 Å². The number of hydrogen-bond acceptors (Lipinski definition) is 4. The van der Waals surface area contributed by atoms with Crippen LogP contribution in [-0.4, -0.2) is 14.2 Å². The molecule has 3 N–H and O–H groups in total. The normalized spacial score (nSPS) is 12.0. The third kappa shape index (κ3) is 3.26. The zero-order chi connectivity index (χ0) is 15.4. The topological polar surface area (TPSA) is 56.5 Å². The van der Waals surface area contributed by atoms with Gasteiger partial charge in [0.1, 0.15) is 17.3 Å². The molecular weight excluding hydrogens is 295 g/mol. The van der Waals surface area contributed by atoms with E-state index in [4.69, 9.17) is 26.9 Å². The molecule has 0 aromatic heterocycles. The minimum Gasteiger partial charge on any atom is -0.497 e. The monoisotopic (exact) mass is 310 g/mol. The van der Waals surface area contributed by atoms with Crippen LogP contribution in [0.3, 0.4) is 0 Å². The molecule has 1 atom stereocenters. The number of hydrogen-bond donors (Lipinski definition) is 2. The Bertz CT molecular complexity index is 637. The molecule has 0 amide bonds. The van der Waals surface area contributed by atoms with Crippen molar-refractivity contribution in [2.45, 2.75) is 6.04 Å². The summed E-state index contributed by atoms with van der Waals surface area (Å²) in [6.45, 7) is 0. The molecule has 2 aromatic rings. The SMILES string of the molecule is COc1ccc(C(NN)c2cc(Cl)ccc2OC)c(F)c1. The van der Waals surface area contributed by atoms with Crippen LogP contribution >= 0.6 is 11.6 Å². The van der Waals surface area contributed by atoms with E-state index in [1.807, 2.05) is 0 Å². The molecule has 21 heavy (non-hydrogen) atoms. The lowest BCUT2D eigenvalue weighted by atomic mass is 9.97. The highest BCUT2D eigenvalue weighted by Crippen LogP contribution is 2.33. The van der Waals surface area contributed by atoms with Crippen LogP contribution < -0.4 is 20.7 Å². The van der Waals surface area contributed by atoms with E-state index in [1.165, 1.54) is 20.3 Å². The molecule has 0 aliphatic rings. The average Bonchev–Trinajstić information content (AvgIpc) is 2.49. The van der Waals surface area contributed by atoms with Gasteiger partial charge in [-0.25, -0.2) is 9.82 Å². The Balaban J connectivity index is 2.51. The summed E-state index contributed by atoms with van der Waals surface area (Å²) < 4.78 is 24.5. The van der Waals surface area contributed by atoms with E-state index in [-0.39, 0.29) is 0 Å².